The summed E-state index contributed by atoms with van der Waals surface area (Å²) in [6, 6.07) is 11.5. The predicted octanol–water partition coefficient (Wildman–Crippen LogP) is 3.06. The van der Waals surface area contributed by atoms with Crippen LogP contribution < -0.4 is 10.0 Å². The van der Waals surface area contributed by atoms with Gasteiger partial charge in [-0.3, -0.25) is 0 Å². The lowest BCUT2D eigenvalue weighted by atomic mass is 10.2. The second kappa shape index (κ2) is 6.58. The first kappa shape index (κ1) is 15.3. The molecule has 0 unspecified atom stereocenters. The van der Waals surface area contributed by atoms with Crippen molar-refractivity contribution in [3.8, 4) is 0 Å². The van der Waals surface area contributed by atoms with Crippen LogP contribution in [0.15, 0.2) is 36.4 Å². The van der Waals surface area contributed by atoms with Gasteiger partial charge in [-0.1, -0.05) is 23.7 Å². The fourth-order valence-electron chi connectivity index (χ4n) is 1.59. The Morgan fingerprint density at radius 3 is 2.35 bits per heavy atom. The summed E-state index contributed by atoms with van der Waals surface area (Å²) in [5.74, 6) is 0. The first-order chi connectivity index (χ1) is 9.42. The zero-order valence-electron chi connectivity index (χ0n) is 10.9. The summed E-state index contributed by atoms with van der Waals surface area (Å²) in [6.45, 7) is 1.03. The molecule has 4 nitrogen and oxygen atoms in total. The van der Waals surface area contributed by atoms with Gasteiger partial charge in [-0.05, 0) is 29.8 Å². The van der Waals surface area contributed by atoms with Gasteiger partial charge in [0.25, 0.3) is 0 Å². The van der Waals surface area contributed by atoms with Gasteiger partial charge in [0.1, 0.15) is 0 Å². The van der Waals surface area contributed by atoms with Crippen molar-refractivity contribution >= 4 is 38.6 Å². The molecule has 0 spiro atoms. The lowest BCUT2D eigenvalue weighted by Gasteiger charge is -2.07. The normalized spacial score (nSPS) is 11.5. The molecule has 108 valence electrons. The maximum Gasteiger partial charge on any atom is 0.209 e. The lowest BCUT2D eigenvalue weighted by Crippen LogP contribution is -2.21. The molecule has 0 radical (unpaired) electrons. The minimum absolute atomic E-state index is 0.305. The number of anilines is 1. The van der Waals surface area contributed by atoms with Gasteiger partial charge in [0, 0.05) is 23.7 Å². The van der Waals surface area contributed by atoms with Crippen LogP contribution in [0.3, 0.4) is 0 Å². The number of nitrogens with one attached hydrogen (secondary N) is 2. The molecule has 2 rings (SSSR count). The van der Waals surface area contributed by atoms with Gasteiger partial charge in [-0.2, -0.15) is 0 Å². The topological polar surface area (TPSA) is 58.2 Å². The summed E-state index contributed by atoms with van der Waals surface area (Å²) >= 11 is 7.42. The SMILES string of the molecule is CS(=O)(=O)NCc1ccc(NCc2ccc(Cl)s2)cc1. The summed E-state index contributed by atoms with van der Waals surface area (Å²) < 4.78 is 25.2. The largest absolute Gasteiger partial charge is 0.380 e. The van der Waals surface area contributed by atoms with Crippen LogP contribution in [0, 0.1) is 0 Å². The zero-order valence-corrected chi connectivity index (χ0v) is 13.3. The van der Waals surface area contributed by atoms with E-state index in [4.69, 9.17) is 11.6 Å². The van der Waals surface area contributed by atoms with Gasteiger partial charge in [0.2, 0.25) is 10.0 Å². The molecule has 2 aromatic rings. The van der Waals surface area contributed by atoms with E-state index < -0.39 is 10.0 Å². The number of rotatable bonds is 6. The van der Waals surface area contributed by atoms with Crippen molar-refractivity contribution in [2.24, 2.45) is 0 Å². The number of sulfonamides is 1. The van der Waals surface area contributed by atoms with Crippen LogP contribution in [0.4, 0.5) is 5.69 Å². The number of halogens is 1. The molecule has 1 aromatic heterocycles. The molecule has 0 fully saturated rings. The second-order valence-corrected chi connectivity index (χ2v) is 7.98. The maximum atomic E-state index is 11.0. The number of benzene rings is 1. The van der Waals surface area contributed by atoms with E-state index in [1.807, 2.05) is 36.4 Å². The molecule has 0 atom stereocenters. The minimum atomic E-state index is -3.15. The Hall–Kier alpha value is -1.08. The molecule has 0 aliphatic rings. The summed E-state index contributed by atoms with van der Waals surface area (Å²) in [4.78, 5) is 1.16. The first-order valence-corrected chi connectivity index (χ1v) is 9.03. The molecule has 20 heavy (non-hydrogen) atoms. The molecule has 0 saturated heterocycles. The van der Waals surface area contributed by atoms with E-state index in [0.29, 0.717) is 6.54 Å². The van der Waals surface area contributed by atoms with E-state index in [1.165, 1.54) is 0 Å². The highest BCUT2D eigenvalue weighted by molar-refractivity contribution is 7.88. The van der Waals surface area contributed by atoms with Crippen molar-refractivity contribution in [2.75, 3.05) is 11.6 Å². The predicted molar refractivity (Wildman–Crippen MR) is 84.8 cm³/mol. The lowest BCUT2D eigenvalue weighted by molar-refractivity contribution is 0.587. The monoisotopic (exact) mass is 330 g/mol. The summed E-state index contributed by atoms with van der Waals surface area (Å²) in [7, 11) is -3.15. The van der Waals surface area contributed by atoms with Crippen LogP contribution in [0.5, 0.6) is 0 Å². The fraction of sp³-hybridized carbons (Fsp3) is 0.231. The first-order valence-electron chi connectivity index (χ1n) is 5.94. The van der Waals surface area contributed by atoms with E-state index >= 15 is 0 Å². The average molecular weight is 331 g/mol. The Labute approximate surface area is 127 Å². The van der Waals surface area contributed by atoms with Crippen molar-refractivity contribution in [3.05, 3.63) is 51.2 Å². The molecule has 7 heteroatoms. The molecule has 1 heterocycles. The van der Waals surface area contributed by atoms with Crippen LogP contribution in [-0.2, 0) is 23.1 Å². The molecular formula is C13H15ClN2O2S2. The summed E-state index contributed by atoms with van der Waals surface area (Å²) in [6.07, 6.45) is 1.15. The van der Waals surface area contributed by atoms with Crippen LogP contribution in [0.2, 0.25) is 4.34 Å². The number of thiophene rings is 1. The molecule has 0 amide bonds. The van der Waals surface area contributed by atoms with E-state index in [0.717, 1.165) is 33.3 Å². The summed E-state index contributed by atoms with van der Waals surface area (Å²) in [5, 5.41) is 3.29. The van der Waals surface area contributed by atoms with Crippen molar-refractivity contribution in [1.29, 1.82) is 0 Å². The molecule has 0 bridgehead atoms. The summed E-state index contributed by atoms with van der Waals surface area (Å²) in [5.41, 5.74) is 1.90. The van der Waals surface area contributed by atoms with Gasteiger partial charge < -0.3 is 5.32 Å². The standard InChI is InChI=1S/C13H15ClN2O2S2/c1-20(17,18)16-8-10-2-4-11(5-3-10)15-9-12-6-7-13(14)19-12/h2-7,15-16H,8-9H2,1H3. The van der Waals surface area contributed by atoms with Gasteiger partial charge >= 0.3 is 0 Å². The third kappa shape index (κ3) is 5.13. The molecule has 2 N–H and O–H groups in total. The van der Waals surface area contributed by atoms with Gasteiger partial charge in [-0.15, -0.1) is 11.3 Å². The highest BCUT2D eigenvalue weighted by Crippen LogP contribution is 2.22. The Morgan fingerprint density at radius 2 is 1.80 bits per heavy atom. The van der Waals surface area contributed by atoms with Crippen molar-refractivity contribution in [3.63, 3.8) is 0 Å². The van der Waals surface area contributed by atoms with Crippen molar-refractivity contribution < 1.29 is 8.42 Å². The third-order valence-electron chi connectivity index (χ3n) is 2.59. The quantitative estimate of drug-likeness (QED) is 0.855. The molecule has 0 aliphatic carbocycles. The van der Waals surface area contributed by atoms with E-state index in [9.17, 15) is 8.42 Å². The molecule has 0 aliphatic heterocycles. The highest BCUT2D eigenvalue weighted by atomic mass is 35.5. The van der Waals surface area contributed by atoms with Crippen LogP contribution in [-0.4, -0.2) is 14.7 Å². The number of hydrogen-bond donors (Lipinski definition) is 2. The van der Waals surface area contributed by atoms with E-state index in [1.54, 1.807) is 11.3 Å². The van der Waals surface area contributed by atoms with Crippen molar-refractivity contribution in [2.45, 2.75) is 13.1 Å². The van der Waals surface area contributed by atoms with E-state index in [-0.39, 0.29) is 0 Å². The Bertz CT molecular complexity index is 666. The number of hydrogen-bond acceptors (Lipinski definition) is 4. The smallest absolute Gasteiger partial charge is 0.209 e. The van der Waals surface area contributed by atoms with Gasteiger partial charge in [-0.25, -0.2) is 13.1 Å². The highest BCUT2D eigenvalue weighted by Gasteiger charge is 2.01. The zero-order chi connectivity index (χ0) is 14.6. The average Bonchev–Trinajstić information content (AvgIpc) is 2.80. The third-order valence-corrected chi connectivity index (χ3v) is 4.49. The molecule has 1 aromatic carbocycles. The van der Waals surface area contributed by atoms with Crippen LogP contribution in [0.1, 0.15) is 10.4 Å². The molecular weight excluding hydrogens is 316 g/mol. The second-order valence-electron chi connectivity index (χ2n) is 4.35. The molecule has 0 saturated carbocycles. The Balaban J connectivity index is 1.88. The van der Waals surface area contributed by atoms with Crippen LogP contribution >= 0.6 is 22.9 Å². The maximum absolute atomic E-state index is 11.0. The van der Waals surface area contributed by atoms with Gasteiger partial charge in [0.15, 0.2) is 0 Å². The minimum Gasteiger partial charge on any atom is -0.380 e. The van der Waals surface area contributed by atoms with E-state index in [2.05, 4.69) is 10.0 Å². The fourth-order valence-corrected chi connectivity index (χ4v) is 3.05. The van der Waals surface area contributed by atoms with Gasteiger partial charge in [0.05, 0.1) is 10.6 Å². The van der Waals surface area contributed by atoms with Crippen molar-refractivity contribution in [1.82, 2.24) is 4.72 Å². The Morgan fingerprint density at radius 1 is 1.10 bits per heavy atom. The van der Waals surface area contributed by atoms with Crippen LogP contribution in [0.25, 0.3) is 0 Å². The Kier molecular flexibility index (Phi) is 5.04.